The molecule has 2 unspecified atom stereocenters. The minimum atomic E-state index is -0.664. The number of hydrogen-bond acceptors (Lipinski definition) is 5. The Morgan fingerprint density at radius 3 is 3.19 bits per heavy atom. The van der Waals surface area contributed by atoms with Crippen LogP contribution in [0, 0.1) is 0 Å². The van der Waals surface area contributed by atoms with Crippen LogP contribution >= 0.6 is 0 Å². The molecule has 3 N–H and O–H groups in total. The van der Waals surface area contributed by atoms with Crippen LogP contribution in [0.2, 0.25) is 0 Å². The van der Waals surface area contributed by atoms with Crippen LogP contribution in [0.5, 0.6) is 0 Å². The van der Waals surface area contributed by atoms with E-state index in [2.05, 4.69) is 10.2 Å². The Bertz CT molecular complexity index is 215. The third-order valence-electron chi connectivity index (χ3n) is 3.42. The second kappa shape index (κ2) is 5.93. The van der Waals surface area contributed by atoms with Crippen LogP contribution in [-0.2, 0) is 4.74 Å². The molecule has 2 saturated heterocycles. The molecule has 94 valence electrons. The monoisotopic (exact) mass is 230 g/mol. The molecule has 16 heavy (non-hydrogen) atoms. The average molecular weight is 230 g/mol. The number of nitrogens with one attached hydrogen (secondary N) is 1. The molecule has 5 heteroatoms. The van der Waals surface area contributed by atoms with E-state index in [4.69, 9.17) is 9.84 Å². The second-order valence-corrected chi connectivity index (χ2v) is 4.74. The van der Waals surface area contributed by atoms with Gasteiger partial charge in [0.25, 0.3) is 0 Å². The van der Waals surface area contributed by atoms with E-state index >= 15 is 0 Å². The van der Waals surface area contributed by atoms with Crippen LogP contribution in [0.4, 0.5) is 0 Å². The van der Waals surface area contributed by atoms with E-state index in [0.717, 1.165) is 19.7 Å². The summed E-state index contributed by atoms with van der Waals surface area (Å²) >= 11 is 0. The minimum Gasteiger partial charge on any atom is -0.394 e. The molecule has 0 spiro atoms. The number of fused-ring (bicyclic) bond motifs is 1. The normalized spacial score (nSPS) is 32.6. The second-order valence-electron chi connectivity index (χ2n) is 4.74. The first-order chi connectivity index (χ1) is 7.79. The SMILES string of the molecule is OC[C@@H](O)CNCC1CN2CCCC2CO1. The van der Waals surface area contributed by atoms with E-state index in [0.29, 0.717) is 12.6 Å². The van der Waals surface area contributed by atoms with Crippen molar-refractivity contribution in [3.63, 3.8) is 0 Å². The highest BCUT2D eigenvalue weighted by molar-refractivity contribution is 4.85. The molecule has 0 aromatic carbocycles. The Balaban J connectivity index is 1.63. The number of rotatable bonds is 5. The standard InChI is InChI=1S/C11H22N2O3/c14-7-10(15)4-12-5-11-6-13-3-1-2-9(13)8-16-11/h9-12,14-15H,1-8H2/t9?,10-,11?/m0/s1. The van der Waals surface area contributed by atoms with E-state index in [1.54, 1.807) is 0 Å². The predicted molar refractivity (Wildman–Crippen MR) is 60.3 cm³/mol. The van der Waals surface area contributed by atoms with Gasteiger partial charge in [0.15, 0.2) is 0 Å². The van der Waals surface area contributed by atoms with E-state index in [1.807, 2.05) is 0 Å². The molecular formula is C11H22N2O3. The van der Waals surface area contributed by atoms with Crippen molar-refractivity contribution in [2.45, 2.75) is 31.1 Å². The Morgan fingerprint density at radius 2 is 2.38 bits per heavy atom. The summed E-state index contributed by atoms with van der Waals surface area (Å²) in [7, 11) is 0. The van der Waals surface area contributed by atoms with Crippen molar-refractivity contribution in [2.24, 2.45) is 0 Å². The van der Waals surface area contributed by atoms with Gasteiger partial charge in [-0.3, -0.25) is 4.90 Å². The van der Waals surface area contributed by atoms with Crippen molar-refractivity contribution in [3.05, 3.63) is 0 Å². The molecular weight excluding hydrogens is 208 g/mol. The Kier molecular flexibility index (Phi) is 4.55. The van der Waals surface area contributed by atoms with Gasteiger partial charge in [-0.05, 0) is 19.4 Å². The molecule has 2 rings (SSSR count). The highest BCUT2D eigenvalue weighted by Crippen LogP contribution is 2.22. The highest BCUT2D eigenvalue weighted by atomic mass is 16.5. The zero-order valence-electron chi connectivity index (χ0n) is 9.64. The summed E-state index contributed by atoms with van der Waals surface area (Å²) in [6.07, 6.45) is 2.12. The largest absolute Gasteiger partial charge is 0.394 e. The third-order valence-corrected chi connectivity index (χ3v) is 3.42. The third kappa shape index (κ3) is 3.15. The van der Waals surface area contributed by atoms with Crippen molar-refractivity contribution in [2.75, 3.05) is 39.4 Å². The van der Waals surface area contributed by atoms with Crippen molar-refractivity contribution in [3.8, 4) is 0 Å². The molecule has 0 saturated carbocycles. The lowest BCUT2D eigenvalue weighted by Gasteiger charge is -2.35. The van der Waals surface area contributed by atoms with Crippen LogP contribution in [-0.4, -0.2) is 72.8 Å². The lowest BCUT2D eigenvalue weighted by atomic mass is 10.2. The first-order valence-corrected chi connectivity index (χ1v) is 6.15. The number of aliphatic hydroxyl groups is 2. The summed E-state index contributed by atoms with van der Waals surface area (Å²) in [5.74, 6) is 0. The molecule has 0 amide bonds. The van der Waals surface area contributed by atoms with Crippen molar-refractivity contribution >= 4 is 0 Å². The van der Waals surface area contributed by atoms with Gasteiger partial charge in [-0.1, -0.05) is 0 Å². The number of ether oxygens (including phenoxy) is 1. The minimum absolute atomic E-state index is 0.188. The van der Waals surface area contributed by atoms with E-state index in [-0.39, 0.29) is 12.7 Å². The molecule has 0 aromatic heterocycles. The number of aliphatic hydroxyl groups excluding tert-OH is 2. The van der Waals surface area contributed by atoms with Crippen LogP contribution in [0.15, 0.2) is 0 Å². The van der Waals surface area contributed by atoms with Crippen LogP contribution in [0.3, 0.4) is 0 Å². The highest BCUT2D eigenvalue weighted by Gasteiger charge is 2.31. The first kappa shape index (κ1) is 12.3. The van der Waals surface area contributed by atoms with Gasteiger partial charge < -0.3 is 20.3 Å². The molecule has 2 heterocycles. The fraction of sp³-hybridized carbons (Fsp3) is 1.00. The molecule has 0 radical (unpaired) electrons. The predicted octanol–water partition coefficient (Wildman–Crippen LogP) is -1.21. The van der Waals surface area contributed by atoms with Crippen LogP contribution in [0.25, 0.3) is 0 Å². The maximum absolute atomic E-state index is 9.17. The summed E-state index contributed by atoms with van der Waals surface area (Å²) < 4.78 is 5.76. The van der Waals surface area contributed by atoms with Gasteiger partial charge in [0, 0.05) is 25.7 Å². The first-order valence-electron chi connectivity index (χ1n) is 6.15. The van der Waals surface area contributed by atoms with Gasteiger partial charge in [0.2, 0.25) is 0 Å². The topological polar surface area (TPSA) is 65.0 Å². The van der Waals surface area contributed by atoms with Gasteiger partial charge in [-0.25, -0.2) is 0 Å². The van der Waals surface area contributed by atoms with E-state index in [9.17, 15) is 5.11 Å². The number of hydrogen-bond donors (Lipinski definition) is 3. The number of morpholine rings is 1. The summed E-state index contributed by atoms with van der Waals surface area (Å²) in [4.78, 5) is 2.50. The Morgan fingerprint density at radius 1 is 1.50 bits per heavy atom. The lowest BCUT2D eigenvalue weighted by Crippen LogP contribution is -2.50. The molecule has 2 aliphatic rings. The molecule has 0 aromatic rings. The zero-order chi connectivity index (χ0) is 11.4. The van der Waals surface area contributed by atoms with E-state index in [1.165, 1.54) is 19.4 Å². The molecule has 2 fully saturated rings. The maximum atomic E-state index is 9.17. The van der Waals surface area contributed by atoms with Crippen molar-refractivity contribution in [1.82, 2.24) is 10.2 Å². The molecule has 5 nitrogen and oxygen atoms in total. The molecule has 0 aliphatic carbocycles. The zero-order valence-corrected chi connectivity index (χ0v) is 9.64. The molecule has 3 atom stereocenters. The average Bonchev–Trinajstić information content (AvgIpc) is 2.76. The van der Waals surface area contributed by atoms with Crippen molar-refractivity contribution in [1.29, 1.82) is 0 Å². The lowest BCUT2D eigenvalue weighted by molar-refractivity contribution is -0.0479. The maximum Gasteiger partial charge on any atom is 0.0894 e. The number of nitrogens with zero attached hydrogens (tertiary/aromatic N) is 1. The Labute approximate surface area is 96.4 Å². The summed E-state index contributed by atoms with van der Waals surface area (Å²) in [6.45, 7) is 4.03. The summed E-state index contributed by atoms with van der Waals surface area (Å²) in [6, 6.07) is 0.638. The van der Waals surface area contributed by atoms with Gasteiger partial charge in [0.1, 0.15) is 0 Å². The summed E-state index contributed by atoms with van der Waals surface area (Å²) in [5.41, 5.74) is 0. The fourth-order valence-electron chi connectivity index (χ4n) is 2.48. The van der Waals surface area contributed by atoms with Gasteiger partial charge in [-0.15, -0.1) is 0 Å². The van der Waals surface area contributed by atoms with Crippen LogP contribution in [0.1, 0.15) is 12.8 Å². The van der Waals surface area contributed by atoms with Gasteiger partial charge in [-0.2, -0.15) is 0 Å². The smallest absolute Gasteiger partial charge is 0.0894 e. The van der Waals surface area contributed by atoms with Gasteiger partial charge >= 0.3 is 0 Å². The fourth-order valence-corrected chi connectivity index (χ4v) is 2.48. The molecule has 2 aliphatic heterocycles. The summed E-state index contributed by atoms with van der Waals surface area (Å²) in [5, 5.41) is 21.0. The van der Waals surface area contributed by atoms with Crippen LogP contribution < -0.4 is 5.32 Å². The molecule has 0 bridgehead atoms. The Hall–Kier alpha value is -0.200. The van der Waals surface area contributed by atoms with Crippen molar-refractivity contribution < 1.29 is 14.9 Å². The van der Waals surface area contributed by atoms with Gasteiger partial charge in [0.05, 0.1) is 25.4 Å². The van der Waals surface area contributed by atoms with E-state index < -0.39 is 6.10 Å². The quantitative estimate of drug-likeness (QED) is 0.553.